The highest BCUT2D eigenvalue weighted by molar-refractivity contribution is 7.27. The van der Waals surface area contributed by atoms with Crippen LogP contribution in [0.3, 0.4) is 0 Å². The van der Waals surface area contributed by atoms with Crippen LogP contribution in [0, 0.1) is 10.1 Å². The number of nitrogens with one attached hydrogen (secondary N) is 1. The van der Waals surface area contributed by atoms with Gasteiger partial charge in [0.15, 0.2) is 5.78 Å². The van der Waals surface area contributed by atoms with Crippen molar-refractivity contribution in [3.8, 4) is 0 Å². The lowest BCUT2D eigenvalue weighted by Gasteiger charge is -2.22. The van der Waals surface area contributed by atoms with Crippen LogP contribution in [0.15, 0.2) is 79.0 Å². The Labute approximate surface area is 225 Å². The van der Waals surface area contributed by atoms with Crippen LogP contribution in [0.4, 0.5) is 10.5 Å². The van der Waals surface area contributed by atoms with Gasteiger partial charge in [-0.3, -0.25) is 19.8 Å². The largest absolute Gasteiger partial charge is 0.457 e. The van der Waals surface area contributed by atoms with E-state index in [1.807, 2.05) is 48.5 Å². The van der Waals surface area contributed by atoms with Crippen molar-refractivity contribution in [2.24, 2.45) is 0 Å². The summed E-state index contributed by atoms with van der Waals surface area (Å²) in [7, 11) is 2.60. The molecule has 0 aliphatic carbocycles. The van der Waals surface area contributed by atoms with Gasteiger partial charge in [-0.2, -0.15) is 0 Å². The lowest BCUT2D eigenvalue weighted by Crippen LogP contribution is -2.41. The number of nitro benzene ring substituents is 1. The summed E-state index contributed by atoms with van der Waals surface area (Å²) in [6, 6.07) is 18.9. The number of non-ortho nitro benzene ring substituents is 1. The van der Waals surface area contributed by atoms with Gasteiger partial charge in [-0.15, -0.1) is 9.24 Å². The van der Waals surface area contributed by atoms with Crippen molar-refractivity contribution in [3.63, 3.8) is 0 Å². The van der Waals surface area contributed by atoms with E-state index in [0.717, 1.165) is 21.8 Å². The van der Waals surface area contributed by atoms with E-state index < -0.39 is 29.1 Å². The summed E-state index contributed by atoms with van der Waals surface area (Å²) in [6.07, 6.45) is 0.209. The van der Waals surface area contributed by atoms with Gasteiger partial charge in [0.1, 0.15) is 18.8 Å². The number of fused-ring (bicyclic) bond motifs is 1. The maximum absolute atomic E-state index is 13.7. The standard InChI is InChI=1S/C28H24N3O7P/c32-26(23-14-29-24-13-21(39)10-11-22(23)24)25-12-20(38-27(33)18-6-8-19(9-7-18)31(35)36)15-30(25)28(34)37-16-17-4-2-1-3-5-17/h1-11,13-14,20,25,29H,12,15-16,39H2/t20-,25-/m0/s1. The molecule has 3 aromatic carbocycles. The van der Waals surface area contributed by atoms with Crippen LogP contribution < -0.4 is 5.30 Å². The molecule has 39 heavy (non-hydrogen) atoms. The van der Waals surface area contributed by atoms with Gasteiger partial charge in [0.2, 0.25) is 0 Å². The highest BCUT2D eigenvalue weighted by atomic mass is 31.0. The van der Waals surface area contributed by atoms with Crippen LogP contribution in [-0.4, -0.2) is 51.3 Å². The number of rotatable bonds is 7. The first-order valence-electron chi connectivity index (χ1n) is 12.1. The molecule has 1 aliphatic heterocycles. The molecule has 0 spiro atoms. The van der Waals surface area contributed by atoms with Gasteiger partial charge in [-0.05, 0) is 29.1 Å². The molecule has 2 heterocycles. The lowest BCUT2D eigenvalue weighted by atomic mass is 10.0. The number of benzene rings is 3. The molecule has 1 amide bonds. The minimum Gasteiger partial charge on any atom is -0.457 e. The molecule has 4 aromatic rings. The molecule has 1 aromatic heterocycles. The van der Waals surface area contributed by atoms with E-state index >= 15 is 0 Å². The molecule has 1 unspecified atom stereocenters. The minimum atomic E-state index is -0.919. The Bertz CT molecular complexity index is 1550. The molecule has 0 radical (unpaired) electrons. The summed E-state index contributed by atoms with van der Waals surface area (Å²) in [6.45, 7) is -0.0186. The number of Topliss-reactive ketones (excluding diaryl/α,β-unsaturated/α-hetero) is 1. The van der Waals surface area contributed by atoms with Crippen molar-refractivity contribution in [2.45, 2.75) is 25.2 Å². The smallest absolute Gasteiger partial charge is 0.410 e. The van der Waals surface area contributed by atoms with Gasteiger partial charge in [-0.25, -0.2) is 9.59 Å². The number of esters is 1. The van der Waals surface area contributed by atoms with Crippen LogP contribution in [0.1, 0.15) is 32.7 Å². The number of nitro groups is 1. The number of ether oxygens (including phenoxy) is 2. The molecule has 10 nitrogen and oxygen atoms in total. The average Bonchev–Trinajstić information content (AvgIpc) is 3.56. The van der Waals surface area contributed by atoms with E-state index in [4.69, 9.17) is 9.47 Å². The van der Waals surface area contributed by atoms with E-state index in [9.17, 15) is 24.5 Å². The van der Waals surface area contributed by atoms with Gasteiger partial charge in [-0.1, -0.05) is 42.5 Å². The quantitative estimate of drug-likeness (QED) is 0.120. The fraction of sp³-hybridized carbons (Fsp3) is 0.179. The summed E-state index contributed by atoms with van der Waals surface area (Å²) in [5.74, 6) is -1.01. The summed E-state index contributed by atoms with van der Waals surface area (Å²) in [5.41, 5.74) is 1.96. The predicted octanol–water partition coefficient (Wildman–Crippen LogP) is 4.40. The van der Waals surface area contributed by atoms with E-state index in [1.165, 1.54) is 29.2 Å². The van der Waals surface area contributed by atoms with E-state index in [-0.39, 0.29) is 36.6 Å². The number of aromatic nitrogens is 1. The molecule has 1 saturated heterocycles. The Hall–Kier alpha value is -4.56. The number of hydrogen-bond donors (Lipinski definition) is 1. The van der Waals surface area contributed by atoms with Crippen molar-refractivity contribution in [1.29, 1.82) is 0 Å². The number of carbonyl (C=O) groups excluding carboxylic acids is 3. The number of aromatic amines is 1. The van der Waals surface area contributed by atoms with Crippen molar-refractivity contribution in [2.75, 3.05) is 6.54 Å². The lowest BCUT2D eigenvalue weighted by molar-refractivity contribution is -0.384. The van der Waals surface area contributed by atoms with Crippen LogP contribution in [0.5, 0.6) is 0 Å². The van der Waals surface area contributed by atoms with E-state index in [0.29, 0.717) is 5.56 Å². The minimum absolute atomic E-state index is 0.0222. The Morgan fingerprint density at radius 3 is 2.51 bits per heavy atom. The molecule has 198 valence electrons. The normalized spacial score (nSPS) is 16.7. The molecule has 1 fully saturated rings. The van der Waals surface area contributed by atoms with Crippen LogP contribution in [-0.2, 0) is 16.1 Å². The Balaban J connectivity index is 1.36. The molecular weight excluding hydrogens is 521 g/mol. The molecule has 5 rings (SSSR count). The second-order valence-electron chi connectivity index (χ2n) is 9.15. The molecule has 0 bridgehead atoms. The Morgan fingerprint density at radius 2 is 1.79 bits per heavy atom. The SMILES string of the molecule is O=C(O[C@H]1C[C@@H](C(=O)c2c[nH]c3cc(P)ccc23)N(C(=O)OCc2ccccc2)C1)c1ccc([N+](=O)[O-])cc1. The second-order valence-corrected chi connectivity index (χ2v) is 9.81. The summed E-state index contributed by atoms with van der Waals surface area (Å²) >= 11 is 0. The monoisotopic (exact) mass is 545 g/mol. The zero-order valence-electron chi connectivity index (χ0n) is 20.6. The van der Waals surface area contributed by atoms with Gasteiger partial charge in [0, 0.05) is 41.2 Å². The first-order valence-corrected chi connectivity index (χ1v) is 12.7. The predicted molar refractivity (Wildman–Crippen MR) is 146 cm³/mol. The highest BCUT2D eigenvalue weighted by Crippen LogP contribution is 2.29. The van der Waals surface area contributed by atoms with Crippen LogP contribution in [0.25, 0.3) is 10.9 Å². The number of ketones is 1. The first-order chi connectivity index (χ1) is 18.8. The van der Waals surface area contributed by atoms with Gasteiger partial charge in [0.25, 0.3) is 5.69 Å². The Morgan fingerprint density at radius 1 is 1.05 bits per heavy atom. The Kier molecular flexibility index (Phi) is 7.38. The van der Waals surface area contributed by atoms with E-state index in [1.54, 1.807) is 6.20 Å². The zero-order valence-corrected chi connectivity index (χ0v) is 21.8. The van der Waals surface area contributed by atoms with Gasteiger partial charge < -0.3 is 14.5 Å². The molecule has 0 saturated carbocycles. The number of H-pyrrole nitrogens is 1. The summed E-state index contributed by atoms with van der Waals surface area (Å²) in [4.78, 5) is 54.4. The topological polar surface area (TPSA) is 132 Å². The fourth-order valence-corrected chi connectivity index (χ4v) is 4.86. The fourth-order valence-electron chi connectivity index (χ4n) is 4.60. The second kappa shape index (κ2) is 11.0. The third-order valence-corrected chi connectivity index (χ3v) is 6.92. The molecule has 3 atom stereocenters. The molecule has 1 N–H and O–H groups in total. The van der Waals surface area contributed by atoms with E-state index in [2.05, 4.69) is 14.2 Å². The van der Waals surface area contributed by atoms with Crippen molar-refractivity contribution in [3.05, 3.63) is 106 Å². The maximum Gasteiger partial charge on any atom is 0.410 e. The highest BCUT2D eigenvalue weighted by Gasteiger charge is 2.43. The third-order valence-electron chi connectivity index (χ3n) is 6.56. The number of carbonyl (C=O) groups is 3. The van der Waals surface area contributed by atoms with Gasteiger partial charge in [0.05, 0.1) is 17.0 Å². The van der Waals surface area contributed by atoms with Gasteiger partial charge >= 0.3 is 12.1 Å². The van der Waals surface area contributed by atoms with Crippen molar-refractivity contribution < 1.29 is 28.8 Å². The van der Waals surface area contributed by atoms with Crippen molar-refractivity contribution >= 4 is 49.0 Å². The molecule has 1 aliphatic rings. The molecule has 11 heteroatoms. The maximum atomic E-state index is 13.7. The molecular formula is C28H24N3O7P. The van der Waals surface area contributed by atoms with Crippen LogP contribution >= 0.6 is 9.24 Å². The summed E-state index contributed by atoms with van der Waals surface area (Å²) < 4.78 is 11.1. The van der Waals surface area contributed by atoms with Crippen LogP contribution in [0.2, 0.25) is 0 Å². The summed E-state index contributed by atoms with van der Waals surface area (Å²) in [5, 5.41) is 12.6. The van der Waals surface area contributed by atoms with Crippen molar-refractivity contribution in [1.82, 2.24) is 9.88 Å². The average molecular weight is 545 g/mol. The number of nitrogens with zero attached hydrogens (tertiary/aromatic N) is 2. The third kappa shape index (κ3) is 5.66. The zero-order chi connectivity index (χ0) is 27.5. The first kappa shape index (κ1) is 26.1. The number of hydrogen-bond acceptors (Lipinski definition) is 7. The number of likely N-dealkylation sites (tertiary alicyclic amines) is 1. The number of amides is 1.